The summed E-state index contributed by atoms with van der Waals surface area (Å²) in [4.78, 5) is 8.57. The average molecular weight is 375 g/mol. The Morgan fingerprint density at radius 3 is 2.78 bits per heavy atom. The molecule has 0 bridgehead atoms. The SMILES string of the molecule is CN=C(NCC1CCN(c2ccc(F)c(F)c2)C1)N(C)Cc1cccn1C. The maximum atomic E-state index is 13.5. The number of aromatic nitrogens is 1. The number of nitrogens with one attached hydrogen (secondary N) is 1. The summed E-state index contributed by atoms with van der Waals surface area (Å²) in [5, 5.41) is 3.44. The topological polar surface area (TPSA) is 35.8 Å². The van der Waals surface area contributed by atoms with Gasteiger partial charge in [-0.15, -0.1) is 0 Å². The van der Waals surface area contributed by atoms with Crippen LogP contribution in [0.3, 0.4) is 0 Å². The van der Waals surface area contributed by atoms with E-state index in [9.17, 15) is 8.78 Å². The molecule has 0 aliphatic carbocycles. The van der Waals surface area contributed by atoms with Gasteiger partial charge in [0.1, 0.15) is 0 Å². The fourth-order valence-corrected chi connectivity index (χ4v) is 3.51. The highest BCUT2D eigenvalue weighted by atomic mass is 19.2. The predicted octanol–water partition coefficient (Wildman–Crippen LogP) is 2.84. The summed E-state index contributed by atoms with van der Waals surface area (Å²) in [5.41, 5.74) is 1.95. The van der Waals surface area contributed by atoms with E-state index in [1.54, 1.807) is 13.1 Å². The molecule has 2 aromatic rings. The summed E-state index contributed by atoms with van der Waals surface area (Å²) in [7, 11) is 5.83. The Balaban J connectivity index is 1.52. The van der Waals surface area contributed by atoms with Crippen molar-refractivity contribution >= 4 is 11.6 Å². The van der Waals surface area contributed by atoms with Crippen LogP contribution in [0.15, 0.2) is 41.5 Å². The normalized spacial score (nSPS) is 17.4. The summed E-state index contributed by atoms with van der Waals surface area (Å²) < 4.78 is 28.7. The molecule has 1 aromatic carbocycles. The minimum absolute atomic E-state index is 0.429. The fraction of sp³-hybridized carbons (Fsp3) is 0.450. The Hall–Kier alpha value is -2.57. The van der Waals surface area contributed by atoms with Crippen molar-refractivity contribution in [3.05, 3.63) is 53.9 Å². The van der Waals surface area contributed by atoms with Gasteiger partial charge in [0.25, 0.3) is 0 Å². The lowest BCUT2D eigenvalue weighted by Gasteiger charge is -2.24. The maximum Gasteiger partial charge on any atom is 0.193 e. The number of nitrogens with zero attached hydrogens (tertiary/aromatic N) is 4. The van der Waals surface area contributed by atoms with Crippen LogP contribution in [0.2, 0.25) is 0 Å². The average Bonchev–Trinajstić information content (AvgIpc) is 3.27. The molecule has 3 rings (SSSR count). The van der Waals surface area contributed by atoms with Crippen molar-refractivity contribution in [1.29, 1.82) is 0 Å². The van der Waals surface area contributed by atoms with Gasteiger partial charge in [0.2, 0.25) is 0 Å². The highest BCUT2D eigenvalue weighted by Gasteiger charge is 2.24. The van der Waals surface area contributed by atoms with Gasteiger partial charge in [-0.3, -0.25) is 4.99 Å². The second kappa shape index (κ2) is 8.41. The molecule has 1 aliphatic heterocycles. The monoisotopic (exact) mass is 375 g/mol. The minimum atomic E-state index is -0.804. The Bertz CT molecular complexity index is 801. The molecule has 2 heterocycles. The molecule has 0 saturated carbocycles. The number of halogens is 2. The standard InChI is InChI=1S/C20H27F2N5/c1-23-20(26(3)14-17-5-4-9-25(17)2)24-12-15-8-10-27(13-15)16-6-7-18(21)19(22)11-16/h4-7,9,11,15H,8,10,12-14H2,1-3H3,(H,23,24). The van der Waals surface area contributed by atoms with E-state index in [1.807, 2.05) is 26.4 Å². The van der Waals surface area contributed by atoms with E-state index in [-0.39, 0.29) is 0 Å². The summed E-state index contributed by atoms with van der Waals surface area (Å²) >= 11 is 0. The van der Waals surface area contributed by atoms with Crippen molar-refractivity contribution in [3.63, 3.8) is 0 Å². The number of aryl methyl sites for hydroxylation is 1. The lowest BCUT2D eigenvalue weighted by molar-refractivity contribution is 0.450. The predicted molar refractivity (Wildman–Crippen MR) is 105 cm³/mol. The molecule has 1 N–H and O–H groups in total. The molecule has 0 spiro atoms. The second-order valence-corrected chi connectivity index (χ2v) is 7.09. The summed E-state index contributed by atoms with van der Waals surface area (Å²) in [6.45, 7) is 3.23. The van der Waals surface area contributed by atoms with E-state index in [0.29, 0.717) is 5.92 Å². The van der Waals surface area contributed by atoms with Gasteiger partial charge in [-0.2, -0.15) is 0 Å². The smallest absolute Gasteiger partial charge is 0.193 e. The van der Waals surface area contributed by atoms with Gasteiger partial charge in [-0.25, -0.2) is 8.78 Å². The first-order valence-corrected chi connectivity index (χ1v) is 9.20. The maximum absolute atomic E-state index is 13.5. The molecule has 1 aliphatic rings. The van der Waals surface area contributed by atoms with E-state index in [2.05, 4.69) is 30.7 Å². The van der Waals surface area contributed by atoms with Crippen LogP contribution in [0.5, 0.6) is 0 Å². The minimum Gasteiger partial charge on any atom is -0.371 e. The molecule has 0 radical (unpaired) electrons. The Labute approximate surface area is 159 Å². The third-order valence-corrected chi connectivity index (χ3v) is 5.13. The fourth-order valence-electron chi connectivity index (χ4n) is 3.51. The van der Waals surface area contributed by atoms with Gasteiger partial charge in [0.05, 0.1) is 6.54 Å². The molecule has 1 saturated heterocycles. The summed E-state index contributed by atoms with van der Waals surface area (Å²) in [5.74, 6) is -0.321. The van der Waals surface area contributed by atoms with Crippen LogP contribution in [0.4, 0.5) is 14.5 Å². The lowest BCUT2D eigenvalue weighted by atomic mass is 10.1. The van der Waals surface area contributed by atoms with Crippen LogP contribution in [0, 0.1) is 17.6 Å². The first-order chi connectivity index (χ1) is 13.0. The van der Waals surface area contributed by atoms with E-state index in [0.717, 1.165) is 44.2 Å². The molecule has 7 heteroatoms. The zero-order valence-corrected chi connectivity index (χ0v) is 16.1. The van der Waals surface area contributed by atoms with Gasteiger partial charge in [-0.1, -0.05) is 0 Å². The van der Waals surface area contributed by atoms with Crippen molar-refractivity contribution in [2.75, 3.05) is 38.6 Å². The van der Waals surface area contributed by atoms with Crippen LogP contribution in [0.1, 0.15) is 12.1 Å². The largest absolute Gasteiger partial charge is 0.371 e. The number of hydrogen-bond donors (Lipinski definition) is 1. The number of anilines is 1. The molecule has 1 fully saturated rings. The third kappa shape index (κ3) is 4.59. The van der Waals surface area contributed by atoms with Crippen LogP contribution in [-0.4, -0.2) is 49.2 Å². The zero-order chi connectivity index (χ0) is 19.4. The highest BCUT2D eigenvalue weighted by molar-refractivity contribution is 5.79. The molecule has 0 amide bonds. The third-order valence-electron chi connectivity index (χ3n) is 5.13. The molecular formula is C20H27F2N5. The molecule has 1 atom stereocenters. The first kappa shape index (κ1) is 19.2. The molecule has 27 heavy (non-hydrogen) atoms. The number of hydrogen-bond acceptors (Lipinski definition) is 2. The Kier molecular flexibility index (Phi) is 5.98. The molecular weight excluding hydrogens is 348 g/mol. The summed E-state index contributed by atoms with van der Waals surface area (Å²) in [6.07, 6.45) is 3.04. The highest BCUT2D eigenvalue weighted by Crippen LogP contribution is 2.25. The van der Waals surface area contributed by atoms with Gasteiger partial charge >= 0.3 is 0 Å². The number of rotatable bonds is 5. The zero-order valence-electron chi connectivity index (χ0n) is 16.1. The van der Waals surface area contributed by atoms with Gasteiger partial charge < -0.3 is 19.7 Å². The van der Waals surface area contributed by atoms with E-state index < -0.39 is 11.6 Å². The van der Waals surface area contributed by atoms with Crippen LogP contribution >= 0.6 is 0 Å². The summed E-state index contributed by atoms with van der Waals surface area (Å²) in [6, 6.07) is 8.24. The quantitative estimate of drug-likeness (QED) is 0.645. The molecule has 1 unspecified atom stereocenters. The first-order valence-electron chi connectivity index (χ1n) is 9.20. The number of guanidine groups is 1. The van der Waals surface area contributed by atoms with E-state index in [4.69, 9.17) is 0 Å². The van der Waals surface area contributed by atoms with Crippen LogP contribution < -0.4 is 10.2 Å². The van der Waals surface area contributed by atoms with Crippen molar-refractivity contribution in [3.8, 4) is 0 Å². The second-order valence-electron chi connectivity index (χ2n) is 7.09. The number of benzene rings is 1. The van der Waals surface area contributed by atoms with Crippen LogP contribution in [0.25, 0.3) is 0 Å². The van der Waals surface area contributed by atoms with Crippen molar-refractivity contribution < 1.29 is 8.78 Å². The van der Waals surface area contributed by atoms with Gasteiger partial charge in [0.15, 0.2) is 17.6 Å². The Morgan fingerprint density at radius 2 is 2.11 bits per heavy atom. The van der Waals surface area contributed by atoms with Gasteiger partial charge in [-0.05, 0) is 36.6 Å². The number of aliphatic imine (C=N–C) groups is 1. The molecule has 5 nitrogen and oxygen atoms in total. The van der Waals surface area contributed by atoms with Crippen molar-refractivity contribution in [2.24, 2.45) is 18.0 Å². The van der Waals surface area contributed by atoms with Gasteiger partial charge in [0, 0.05) is 64.4 Å². The molecule has 146 valence electrons. The van der Waals surface area contributed by atoms with E-state index in [1.165, 1.54) is 17.8 Å². The Morgan fingerprint density at radius 1 is 1.30 bits per heavy atom. The lowest BCUT2D eigenvalue weighted by Crippen LogP contribution is -2.41. The van der Waals surface area contributed by atoms with Crippen molar-refractivity contribution in [2.45, 2.75) is 13.0 Å². The molecule has 1 aromatic heterocycles. The van der Waals surface area contributed by atoms with E-state index >= 15 is 0 Å². The van der Waals surface area contributed by atoms with Crippen molar-refractivity contribution in [1.82, 2.24) is 14.8 Å². The van der Waals surface area contributed by atoms with Crippen LogP contribution in [-0.2, 0) is 13.6 Å².